The average Bonchev–Trinajstić information content (AvgIpc) is 2.83. The van der Waals surface area contributed by atoms with Gasteiger partial charge in [0.15, 0.2) is 0 Å². The van der Waals surface area contributed by atoms with Crippen LogP contribution in [0.1, 0.15) is 24.9 Å². The van der Waals surface area contributed by atoms with Crippen LogP contribution in [0.25, 0.3) is 0 Å². The van der Waals surface area contributed by atoms with Gasteiger partial charge in [-0.3, -0.25) is 0 Å². The number of benzene rings is 1. The van der Waals surface area contributed by atoms with Crippen LogP contribution < -0.4 is 5.73 Å². The standard InChI is InChI=1S/C11H15N.ClH/c1-8-7-10(8)11(12)9-5-3-2-4-6-9;/h2-6,8,10-11H,7,12H2,1H3;1H. The Balaban J connectivity index is 0.000000845. The molecule has 3 unspecified atom stereocenters. The highest BCUT2D eigenvalue weighted by Crippen LogP contribution is 2.45. The maximum atomic E-state index is 6.09. The fourth-order valence-electron chi connectivity index (χ4n) is 1.77. The van der Waals surface area contributed by atoms with Gasteiger partial charge >= 0.3 is 0 Å². The third kappa shape index (κ3) is 2.23. The van der Waals surface area contributed by atoms with Gasteiger partial charge in [0, 0.05) is 6.04 Å². The molecule has 1 aliphatic carbocycles. The van der Waals surface area contributed by atoms with E-state index in [-0.39, 0.29) is 18.4 Å². The summed E-state index contributed by atoms with van der Waals surface area (Å²) < 4.78 is 0. The number of halogens is 1. The lowest BCUT2D eigenvalue weighted by Crippen LogP contribution is -2.12. The highest BCUT2D eigenvalue weighted by molar-refractivity contribution is 5.85. The molecule has 0 bridgehead atoms. The van der Waals surface area contributed by atoms with Gasteiger partial charge in [0.05, 0.1) is 0 Å². The van der Waals surface area contributed by atoms with Gasteiger partial charge < -0.3 is 5.73 Å². The number of hydrogen-bond acceptors (Lipinski definition) is 1. The Labute approximate surface area is 85.7 Å². The van der Waals surface area contributed by atoms with Crippen molar-refractivity contribution in [1.82, 2.24) is 0 Å². The van der Waals surface area contributed by atoms with Crippen LogP contribution >= 0.6 is 12.4 Å². The van der Waals surface area contributed by atoms with Crippen LogP contribution in [0.3, 0.4) is 0 Å². The second-order valence-corrected chi connectivity index (χ2v) is 3.81. The van der Waals surface area contributed by atoms with Gasteiger partial charge in [0.25, 0.3) is 0 Å². The molecular formula is C11H16ClN. The van der Waals surface area contributed by atoms with Crippen molar-refractivity contribution in [3.8, 4) is 0 Å². The molecule has 0 radical (unpaired) electrons. The molecule has 72 valence electrons. The van der Waals surface area contributed by atoms with Crippen molar-refractivity contribution in [3.63, 3.8) is 0 Å². The highest BCUT2D eigenvalue weighted by Gasteiger charge is 2.37. The Kier molecular flexibility index (Phi) is 3.34. The molecule has 2 N–H and O–H groups in total. The predicted octanol–water partition coefficient (Wildman–Crippen LogP) is 2.76. The van der Waals surface area contributed by atoms with Crippen LogP contribution in [-0.2, 0) is 0 Å². The van der Waals surface area contributed by atoms with Gasteiger partial charge in [0.1, 0.15) is 0 Å². The van der Waals surface area contributed by atoms with E-state index in [1.165, 1.54) is 12.0 Å². The maximum absolute atomic E-state index is 6.09. The van der Waals surface area contributed by atoms with E-state index in [0.717, 1.165) is 11.8 Å². The van der Waals surface area contributed by atoms with Crippen molar-refractivity contribution in [2.45, 2.75) is 19.4 Å². The first-order valence-corrected chi connectivity index (χ1v) is 4.59. The van der Waals surface area contributed by atoms with E-state index in [1.54, 1.807) is 0 Å². The number of nitrogens with two attached hydrogens (primary N) is 1. The number of rotatable bonds is 2. The van der Waals surface area contributed by atoms with Crippen LogP contribution in [0.2, 0.25) is 0 Å². The summed E-state index contributed by atoms with van der Waals surface area (Å²) in [5.74, 6) is 1.56. The second-order valence-electron chi connectivity index (χ2n) is 3.81. The van der Waals surface area contributed by atoms with Crippen molar-refractivity contribution in [3.05, 3.63) is 35.9 Å². The Bertz CT molecular complexity index is 260. The largest absolute Gasteiger partial charge is 0.324 e. The lowest BCUT2D eigenvalue weighted by molar-refractivity contribution is 0.593. The minimum atomic E-state index is 0. The van der Waals surface area contributed by atoms with Crippen LogP contribution in [0, 0.1) is 11.8 Å². The molecule has 0 amide bonds. The first-order valence-electron chi connectivity index (χ1n) is 4.59. The van der Waals surface area contributed by atoms with E-state index in [4.69, 9.17) is 5.73 Å². The molecule has 1 aromatic carbocycles. The zero-order valence-electron chi connectivity index (χ0n) is 7.81. The summed E-state index contributed by atoms with van der Waals surface area (Å²) in [6, 6.07) is 10.7. The molecule has 0 aliphatic heterocycles. The van der Waals surface area contributed by atoms with Crippen molar-refractivity contribution in [1.29, 1.82) is 0 Å². The van der Waals surface area contributed by atoms with Gasteiger partial charge in [-0.2, -0.15) is 0 Å². The fourth-order valence-corrected chi connectivity index (χ4v) is 1.77. The summed E-state index contributed by atoms with van der Waals surface area (Å²) in [7, 11) is 0. The quantitative estimate of drug-likeness (QED) is 0.776. The molecule has 0 saturated heterocycles. The van der Waals surface area contributed by atoms with Gasteiger partial charge in [-0.1, -0.05) is 37.3 Å². The average molecular weight is 198 g/mol. The smallest absolute Gasteiger partial charge is 0.0326 e. The minimum absolute atomic E-state index is 0. The van der Waals surface area contributed by atoms with E-state index in [0.29, 0.717) is 0 Å². The topological polar surface area (TPSA) is 26.0 Å². The molecule has 1 saturated carbocycles. The molecular weight excluding hydrogens is 182 g/mol. The molecule has 2 heteroatoms. The van der Waals surface area contributed by atoms with Crippen molar-refractivity contribution in [2.24, 2.45) is 17.6 Å². The molecule has 0 aromatic heterocycles. The monoisotopic (exact) mass is 197 g/mol. The fraction of sp³-hybridized carbons (Fsp3) is 0.455. The van der Waals surface area contributed by atoms with E-state index < -0.39 is 0 Å². The molecule has 13 heavy (non-hydrogen) atoms. The third-order valence-corrected chi connectivity index (χ3v) is 2.82. The van der Waals surface area contributed by atoms with Gasteiger partial charge in [-0.15, -0.1) is 12.4 Å². The molecule has 0 heterocycles. The van der Waals surface area contributed by atoms with Gasteiger partial charge in [0.2, 0.25) is 0 Å². The van der Waals surface area contributed by atoms with Crippen molar-refractivity contribution in [2.75, 3.05) is 0 Å². The Hall–Kier alpha value is -0.530. The van der Waals surface area contributed by atoms with E-state index in [1.807, 2.05) is 6.07 Å². The molecule has 0 spiro atoms. The van der Waals surface area contributed by atoms with E-state index in [9.17, 15) is 0 Å². The summed E-state index contributed by atoms with van der Waals surface area (Å²) in [5.41, 5.74) is 7.37. The molecule has 1 aromatic rings. The van der Waals surface area contributed by atoms with E-state index in [2.05, 4.69) is 31.2 Å². The minimum Gasteiger partial charge on any atom is -0.324 e. The van der Waals surface area contributed by atoms with Crippen LogP contribution in [0.15, 0.2) is 30.3 Å². The van der Waals surface area contributed by atoms with Crippen molar-refractivity contribution >= 4 is 12.4 Å². The second kappa shape index (κ2) is 4.12. The molecule has 1 nitrogen and oxygen atoms in total. The third-order valence-electron chi connectivity index (χ3n) is 2.82. The molecule has 2 rings (SSSR count). The Morgan fingerprint density at radius 1 is 1.31 bits per heavy atom. The van der Waals surface area contributed by atoms with Crippen LogP contribution in [0.4, 0.5) is 0 Å². The van der Waals surface area contributed by atoms with Crippen molar-refractivity contribution < 1.29 is 0 Å². The summed E-state index contributed by atoms with van der Waals surface area (Å²) in [4.78, 5) is 0. The van der Waals surface area contributed by atoms with E-state index >= 15 is 0 Å². The summed E-state index contributed by atoms with van der Waals surface area (Å²) in [6.45, 7) is 2.27. The summed E-state index contributed by atoms with van der Waals surface area (Å²) in [5, 5.41) is 0. The summed E-state index contributed by atoms with van der Waals surface area (Å²) >= 11 is 0. The van der Waals surface area contributed by atoms with Gasteiger partial charge in [-0.25, -0.2) is 0 Å². The Morgan fingerprint density at radius 2 is 1.85 bits per heavy atom. The molecule has 1 aliphatic rings. The summed E-state index contributed by atoms with van der Waals surface area (Å²) in [6.07, 6.45) is 1.30. The SMILES string of the molecule is CC1CC1C(N)c1ccccc1.Cl. The Morgan fingerprint density at radius 3 is 2.31 bits per heavy atom. The first-order chi connectivity index (χ1) is 5.79. The first kappa shape index (κ1) is 10.6. The lowest BCUT2D eigenvalue weighted by atomic mass is 10.0. The number of hydrogen-bond donors (Lipinski definition) is 1. The molecule has 3 atom stereocenters. The zero-order valence-corrected chi connectivity index (χ0v) is 8.63. The normalized spacial score (nSPS) is 27.5. The van der Waals surface area contributed by atoms with Gasteiger partial charge in [-0.05, 0) is 23.8 Å². The zero-order chi connectivity index (χ0) is 8.55. The highest BCUT2D eigenvalue weighted by atomic mass is 35.5. The van der Waals surface area contributed by atoms with Crippen LogP contribution in [0.5, 0.6) is 0 Å². The van der Waals surface area contributed by atoms with Crippen LogP contribution in [-0.4, -0.2) is 0 Å². The molecule has 1 fully saturated rings. The predicted molar refractivity (Wildman–Crippen MR) is 57.9 cm³/mol. The maximum Gasteiger partial charge on any atom is 0.0326 e. The lowest BCUT2D eigenvalue weighted by Gasteiger charge is -2.10.